The molecule has 2 aliphatic rings. The number of nitrogens with one attached hydrogen (secondary N) is 2. The lowest BCUT2D eigenvalue weighted by atomic mass is 10.0. The standard InChI is InChI=1S/C27H34N6O/c1-18(2)33-11-9-23(10-12-33)30-26-17-28-16-24(31-26)20-7-8-21-15-29-25(14-22(21)13-20)32-27(34)19-5-3-4-6-19/h7-8,13-19,23H,3-6,9-12H2,1-2H3,(H,30,31)(H,29,32,34). The normalized spacial score (nSPS) is 18.0. The third-order valence-electron chi connectivity index (χ3n) is 7.24. The summed E-state index contributed by atoms with van der Waals surface area (Å²) in [6, 6.07) is 9.16. The molecule has 1 aromatic carbocycles. The van der Waals surface area contributed by atoms with Crippen LogP contribution in [0, 0.1) is 5.92 Å². The minimum atomic E-state index is 0.0874. The predicted octanol–water partition coefficient (Wildman–Crippen LogP) is 5.11. The molecular weight excluding hydrogens is 424 g/mol. The number of hydrogen-bond acceptors (Lipinski definition) is 6. The van der Waals surface area contributed by atoms with Gasteiger partial charge in [0.05, 0.1) is 18.1 Å². The van der Waals surface area contributed by atoms with Crippen molar-refractivity contribution in [3.05, 3.63) is 42.9 Å². The molecule has 1 aliphatic heterocycles. The van der Waals surface area contributed by atoms with Gasteiger partial charge < -0.3 is 15.5 Å². The Balaban J connectivity index is 1.30. The highest BCUT2D eigenvalue weighted by Gasteiger charge is 2.23. The molecule has 2 N–H and O–H groups in total. The highest BCUT2D eigenvalue weighted by molar-refractivity contribution is 5.95. The fraction of sp³-hybridized carbons (Fsp3) is 0.481. The molecule has 0 unspecified atom stereocenters. The second-order valence-corrected chi connectivity index (χ2v) is 9.94. The maximum absolute atomic E-state index is 12.5. The maximum Gasteiger partial charge on any atom is 0.228 e. The third kappa shape index (κ3) is 5.20. The Morgan fingerprint density at radius 3 is 2.53 bits per heavy atom. The van der Waals surface area contributed by atoms with Gasteiger partial charge >= 0.3 is 0 Å². The number of nitrogens with zero attached hydrogens (tertiary/aromatic N) is 4. The zero-order valence-electron chi connectivity index (χ0n) is 20.1. The number of carbonyl (C=O) groups excluding carboxylic acids is 1. The van der Waals surface area contributed by atoms with E-state index in [1.807, 2.05) is 18.3 Å². The number of amides is 1. The van der Waals surface area contributed by atoms with Crippen molar-refractivity contribution in [2.24, 2.45) is 5.92 Å². The van der Waals surface area contributed by atoms with Gasteiger partial charge in [-0.3, -0.25) is 9.78 Å². The largest absolute Gasteiger partial charge is 0.366 e. The van der Waals surface area contributed by atoms with E-state index < -0.39 is 0 Å². The number of anilines is 2. The van der Waals surface area contributed by atoms with E-state index in [1.165, 1.54) is 0 Å². The smallest absolute Gasteiger partial charge is 0.228 e. The molecule has 2 fully saturated rings. The fourth-order valence-corrected chi connectivity index (χ4v) is 5.13. The molecule has 1 saturated carbocycles. The molecule has 1 amide bonds. The summed E-state index contributed by atoms with van der Waals surface area (Å²) in [7, 11) is 0. The first-order valence-electron chi connectivity index (χ1n) is 12.6. The number of aromatic nitrogens is 3. The average molecular weight is 459 g/mol. The summed E-state index contributed by atoms with van der Waals surface area (Å²) in [4.78, 5) is 28.8. The monoisotopic (exact) mass is 458 g/mol. The van der Waals surface area contributed by atoms with Gasteiger partial charge in [-0.05, 0) is 57.0 Å². The Morgan fingerprint density at radius 1 is 0.971 bits per heavy atom. The summed E-state index contributed by atoms with van der Waals surface area (Å²) < 4.78 is 0. The predicted molar refractivity (Wildman–Crippen MR) is 137 cm³/mol. The van der Waals surface area contributed by atoms with Crippen LogP contribution in [0.3, 0.4) is 0 Å². The molecule has 0 atom stereocenters. The molecule has 178 valence electrons. The van der Waals surface area contributed by atoms with Gasteiger partial charge in [-0.2, -0.15) is 0 Å². The van der Waals surface area contributed by atoms with Crippen molar-refractivity contribution in [3.8, 4) is 11.3 Å². The summed E-state index contributed by atoms with van der Waals surface area (Å²) in [5, 5.41) is 8.65. The highest BCUT2D eigenvalue weighted by Crippen LogP contribution is 2.28. The summed E-state index contributed by atoms with van der Waals surface area (Å²) in [6.07, 6.45) is 11.9. The number of likely N-dealkylation sites (tertiary alicyclic amines) is 1. The Bertz CT molecular complexity index is 1150. The van der Waals surface area contributed by atoms with Crippen LogP contribution in [-0.4, -0.2) is 50.9 Å². The molecular formula is C27H34N6O. The van der Waals surface area contributed by atoms with Gasteiger partial charge in [0.15, 0.2) is 0 Å². The number of piperidine rings is 1. The first-order chi connectivity index (χ1) is 16.5. The van der Waals surface area contributed by atoms with Crippen molar-refractivity contribution in [3.63, 3.8) is 0 Å². The van der Waals surface area contributed by atoms with E-state index in [1.54, 1.807) is 12.4 Å². The lowest BCUT2D eigenvalue weighted by Crippen LogP contribution is -2.42. The van der Waals surface area contributed by atoms with Crippen LogP contribution >= 0.6 is 0 Å². The molecule has 34 heavy (non-hydrogen) atoms. The minimum absolute atomic E-state index is 0.0874. The second-order valence-electron chi connectivity index (χ2n) is 9.94. The van der Waals surface area contributed by atoms with Crippen molar-refractivity contribution >= 4 is 28.3 Å². The van der Waals surface area contributed by atoms with Crippen molar-refractivity contribution < 1.29 is 4.79 Å². The number of hydrogen-bond donors (Lipinski definition) is 2. The topological polar surface area (TPSA) is 83.0 Å². The summed E-state index contributed by atoms with van der Waals surface area (Å²) in [6.45, 7) is 6.74. The first kappa shape index (κ1) is 22.7. The molecule has 7 nitrogen and oxygen atoms in total. The molecule has 1 aliphatic carbocycles. The molecule has 3 heterocycles. The zero-order chi connectivity index (χ0) is 23.5. The Morgan fingerprint density at radius 2 is 1.76 bits per heavy atom. The molecule has 0 bridgehead atoms. The van der Waals surface area contributed by atoms with Crippen LogP contribution in [0.1, 0.15) is 52.4 Å². The van der Waals surface area contributed by atoms with Crippen LogP contribution in [0.25, 0.3) is 22.0 Å². The van der Waals surface area contributed by atoms with Gasteiger partial charge in [-0.15, -0.1) is 0 Å². The lowest BCUT2D eigenvalue weighted by molar-refractivity contribution is -0.119. The van der Waals surface area contributed by atoms with Crippen LogP contribution in [0.5, 0.6) is 0 Å². The number of rotatable bonds is 6. The SMILES string of the molecule is CC(C)N1CCC(Nc2cncc(-c3ccc4cnc(NC(=O)C5CCCC5)cc4c3)n2)CC1. The van der Waals surface area contributed by atoms with Gasteiger partial charge in [0.25, 0.3) is 0 Å². The van der Waals surface area contributed by atoms with Gasteiger partial charge in [0, 0.05) is 48.2 Å². The van der Waals surface area contributed by atoms with Crippen LogP contribution in [-0.2, 0) is 4.79 Å². The van der Waals surface area contributed by atoms with Gasteiger partial charge in [-0.1, -0.05) is 25.0 Å². The van der Waals surface area contributed by atoms with E-state index in [0.29, 0.717) is 17.9 Å². The van der Waals surface area contributed by atoms with Crippen molar-refractivity contribution in [1.29, 1.82) is 0 Å². The third-order valence-corrected chi connectivity index (χ3v) is 7.24. The Kier molecular flexibility index (Phi) is 6.72. The van der Waals surface area contributed by atoms with Crippen molar-refractivity contribution in [2.75, 3.05) is 23.7 Å². The highest BCUT2D eigenvalue weighted by atomic mass is 16.1. The Hall–Kier alpha value is -3.06. The van der Waals surface area contributed by atoms with Crippen molar-refractivity contribution in [2.45, 2.75) is 64.5 Å². The van der Waals surface area contributed by atoms with E-state index in [-0.39, 0.29) is 11.8 Å². The molecule has 3 aromatic rings. The molecule has 7 heteroatoms. The number of pyridine rings is 1. The molecule has 2 aromatic heterocycles. The summed E-state index contributed by atoms with van der Waals surface area (Å²) >= 11 is 0. The number of fused-ring (bicyclic) bond motifs is 1. The Labute approximate surface area is 201 Å². The van der Waals surface area contributed by atoms with Crippen LogP contribution in [0.15, 0.2) is 42.9 Å². The zero-order valence-corrected chi connectivity index (χ0v) is 20.1. The van der Waals surface area contributed by atoms with Gasteiger partial charge in [0.2, 0.25) is 5.91 Å². The van der Waals surface area contributed by atoms with Gasteiger partial charge in [-0.25, -0.2) is 9.97 Å². The number of benzene rings is 1. The second kappa shape index (κ2) is 10.1. The van der Waals surface area contributed by atoms with Crippen LogP contribution < -0.4 is 10.6 Å². The molecule has 0 spiro atoms. The minimum Gasteiger partial charge on any atom is -0.366 e. The first-order valence-corrected chi connectivity index (χ1v) is 12.6. The number of carbonyl (C=O) groups is 1. The van der Waals surface area contributed by atoms with Crippen molar-refractivity contribution in [1.82, 2.24) is 19.9 Å². The molecule has 5 rings (SSSR count). The molecule has 1 saturated heterocycles. The lowest BCUT2D eigenvalue weighted by Gasteiger charge is -2.35. The average Bonchev–Trinajstić information content (AvgIpc) is 3.39. The summed E-state index contributed by atoms with van der Waals surface area (Å²) in [5.41, 5.74) is 1.83. The van der Waals surface area contributed by atoms with E-state index in [2.05, 4.69) is 51.5 Å². The summed E-state index contributed by atoms with van der Waals surface area (Å²) in [5.74, 6) is 1.63. The van der Waals surface area contributed by atoms with Gasteiger partial charge in [0.1, 0.15) is 11.6 Å². The van der Waals surface area contributed by atoms with E-state index in [0.717, 1.165) is 79.5 Å². The van der Waals surface area contributed by atoms with E-state index in [9.17, 15) is 4.79 Å². The molecule has 0 radical (unpaired) electrons. The van der Waals surface area contributed by atoms with E-state index >= 15 is 0 Å². The fourth-order valence-electron chi connectivity index (χ4n) is 5.13. The van der Waals surface area contributed by atoms with Crippen LogP contribution in [0.4, 0.5) is 11.6 Å². The quantitative estimate of drug-likeness (QED) is 0.534. The van der Waals surface area contributed by atoms with E-state index in [4.69, 9.17) is 4.98 Å². The maximum atomic E-state index is 12.5. The van der Waals surface area contributed by atoms with Crippen LogP contribution in [0.2, 0.25) is 0 Å².